The standard InChI is InChI=1S/C16H25N5O2.HI/c1-18-16(19-10-13-4-5-14(23-13)15(17)22)21-9-6-12(11-21)20-7-2-3-8-20;/h4-5,12H,2-3,6-11H2,1H3,(H2,17,22)(H,18,19);1H. The van der Waals surface area contributed by atoms with Gasteiger partial charge >= 0.3 is 0 Å². The number of nitrogens with zero attached hydrogens (tertiary/aromatic N) is 3. The second kappa shape index (κ2) is 8.70. The van der Waals surface area contributed by atoms with Gasteiger partial charge in [-0.25, -0.2) is 0 Å². The van der Waals surface area contributed by atoms with Crippen LogP contribution in [0, 0.1) is 0 Å². The van der Waals surface area contributed by atoms with Crippen LogP contribution in [0.5, 0.6) is 0 Å². The topological polar surface area (TPSA) is 87.1 Å². The molecule has 134 valence electrons. The number of carbonyl (C=O) groups excluding carboxylic acids is 1. The highest BCUT2D eigenvalue weighted by Gasteiger charge is 2.30. The molecule has 0 bridgehead atoms. The number of nitrogens with one attached hydrogen (secondary N) is 1. The van der Waals surface area contributed by atoms with E-state index in [1.165, 1.54) is 32.4 Å². The van der Waals surface area contributed by atoms with Crippen LogP contribution in [0.2, 0.25) is 0 Å². The van der Waals surface area contributed by atoms with Crippen LogP contribution >= 0.6 is 24.0 Å². The molecule has 0 aliphatic carbocycles. The van der Waals surface area contributed by atoms with Gasteiger partial charge in [-0.15, -0.1) is 24.0 Å². The number of primary amides is 1. The zero-order valence-electron chi connectivity index (χ0n) is 14.0. The number of halogens is 1. The Balaban J connectivity index is 0.00000208. The molecule has 3 heterocycles. The number of hydrogen-bond donors (Lipinski definition) is 2. The maximum atomic E-state index is 11.1. The Morgan fingerprint density at radius 2 is 2.12 bits per heavy atom. The van der Waals surface area contributed by atoms with Crippen LogP contribution in [0.25, 0.3) is 0 Å². The van der Waals surface area contributed by atoms with E-state index in [-0.39, 0.29) is 29.7 Å². The molecule has 8 heteroatoms. The molecule has 3 N–H and O–H groups in total. The van der Waals surface area contributed by atoms with Gasteiger partial charge in [-0.3, -0.25) is 14.7 Å². The highest BCUT2D eigenvalue weighted by atomic mass is 127. The third kappa shape index (κ3) is 4.41. The predicted octanol–water partition coefficient (Wildman–Crippen LogP) is 1.24. The van der Waals surface area contributed by atoms with E-state index in [0.717, 1.165) is 19.0 Å². The Bertz CT molecular complexity index is 583. The molecular formula is C16H26IN5O2. The third-order valence-corrected chi connectivity index (χ3v) is 4.66. The molecule has 2 fully saturated rings. The summed E-state index contributed by atoms with van der Waals surface area (Å²) in [5.41, 5.74) is 5.19. The molecular weight excluding hydrogens is 421 g/mol. The van der Waals surface area contributed by atoms with Gasteiger partial charge in [0.25, 0.3) is 5.91 Å². The zero-order chi connectivity index (χ0) is 16.2. The Morgan fingerprint density at radius 1 is 1.38 bits per heavy atom. The summed E-state index contributed by atoms with van der Waals surface area (Å²) in [6.07, 6.45) is 3.83. The Morgan fingerprint density at radius 3 is 2.75 bits per heavy atom. The first-order valence-corrected chi connectivity index (χ1v) is 8.25. The molecule has 2 saturated heterocycles. The van der Waals surface area contributed by atoms with E-state index in [1.54, 1.807) is 19.2 Å². The molecule has 0 radical (unpaired) electrons. The molecule has 2 aliphatic rings. The summed E-state index contributed by atoms with van der Waals surface area (Å²) in [6.45, 7) is 4.99. The number of hydrogen-bond acceptors (Lipinski definition) is 4. The van der Waals surface area contributed by atoms with E-state index >= 15 is 0 Å². The smallest absolute Gasteiger partial charge is 0.284 e. The van der Waals surface area contributed by atoms with Gasteiger partial charge in [0.05, 0.1) is 6.54 Å². The second-order valence-corrected chi connectivity index (χ2v) is 6.16. The van der Waals surface area contributed by atoms with Crippen molar-refractivity contribution >= 4 is 35.8 Å². The predicted molar refractivity (Wildman–Crippen MR) is 104 cm³/mol. The van der Waals surface area contributed by atoms with Crippen LogP contribution in [0.15, 0.2) is 21.5 Å². The fraction of sp³-hybridized carbons (Fsp3) is 0.625. The lowest BCUT2D eigenvalue weighted by molar-refractivity contribution is 0.0972. The van der Waals surface area contributed by atoms with Crippen LogP contribution in [0.4, 0.5) is 0 Å². The van der Waals surface area contributed by atoms with Gasteiger partial charge in [-0.1, -0.05) is 0 Å². The highest BCUT2D eigenvalue weighted by Crippen LogP contribution is 2.20. The molecule has 24 heavy (non-hydrogen) atoms. The zero-order valence-corrected chi connectivity index (χ0v) is 16.4. The molecule has 7 nitrogen and oxygen atoms in total. The quantitative estimate of drug-likeness (QED) is 0.412. The molecule has 2 aliphatic heterocycles. The first-order valence-electron chi connectivity index (χ1n) is 8.25. The lowest BCUT2D eigenvalue weighted by Crippen LogP contribution is -2.42. The van der Waals surface area contributed by atoms with Crippen molar-refractivity contribution in [2.75, 3.05) is 33.2 Å². The minimum Gasteiger partial charge on any atom is -0.454 e. The minimum absolute atomic E-state index is 0. The molecule has 0 aromatic carbocycles. The molecule has 0 spiro atoms. The number of nitrogens with two attached hydrogens (primary N) is 1. The molecule has 1 amide bonds. The highest BCUT2D eigenvalue weighted by molar-refractivity contribution is 14.0. The van der Waals surface area contributed by atoms with Crippen molar-refractivity contribution in [1.29, 1.82) is 0 Å². The summed E-state index contributed by atoms with van der Waals surface area (Å²) < 4.78 is 5.39. The number of amides is 1. The van der Waals surface area contributed by atoms with Gasteiger partial charge in [0.15, 0.2) is 11.7 Å². The maximum Gasteiger partial charge on any atom is 0.284 e. The molecule has 3 rings (SSSR count). The van der Waals surface area contributed by atoms with Crippen LogP contribution in [-0.4, -0.2) is 60.9 Å². The second-order valence-electron chi connectivity index (χ2n) is 6.16. The number of carbonyl (C=O) groups is 1. The molecule has 1 aromatic rings. The van der Waals surface area contributed by atoms with E-state index in [0.29, 0.717) is 18.3 Å². The Labute approximate surface area is 159 Å². The summed E-state index contributed by atoms with van der Waals surface area (Å²) in [5.74, 6) is 1.19. The van der Waals surface area contributed by atoms with Crippen molar-refractivity contribution in [2.24, 2.45) is 10.7 Å². The fourth-order valence-corrected chi connectivity index (χ4v) is 3.44. The van der Waals surface area contributed by atoms with E-state index in [9.17, 15) is 4.79 Å². The van der Waals surface area contributed by atoms with Crippen molar-refractivity contribution in [3.63, 3.8) is 0 Å². The van der Waals surface area contributed by atoms with Crippen LogP contribution < -0.4 is 11.1 Å². The molecule has 0 saturated carbocycles. The summed E-state index contributed by atoms with van der Waals surface area (Å²) in [5, 5.41) is 3.30. The van der Waals surface area contributed by atoms with Gasteiger partial charge in [-0.05, 0) is 44.5 Å². The monoisotopic (exact) mass is 447 g/mol. The third-order valence-electron chi connectivity index (χ3n) is 4.66. The van der Waals surface area contributed by atoms with Crippen molar-refractivity contribution < 1.29 is 9.21 Å². The summed E-state index contributed by atoms with van der Waals surface area (Å²) in [4.78, 5) is 20.3. The van der Waals surface area contributed by atoms with Crippen molar-refractivity contribution in [1.82, 2.24) is 15.1 Å². The van der Waals surface area contributed by atoms with Crippen molar-refractivity contribution in [2.45, 2.75) is 31.8 Å². The largest absolute Gasteiger partial charge is 0.454 e. The van der Waals surface area contributed by atoms with Crippen LogP contribution in [0.1, 0.15) is 35.6 Å². The van der Waals surface area contributed by atoms with Gasteiger partial charge in [0, 0.05) is 26.2 Å². The molecule has 1 aromatic heterocycles. The van der Waals surface area contributed by atoms with Gasteiger partial charge in [0.2, 0.25) is 0 Å². The summed E-state index contributed by atoms with van der Waals surface area (Å²) in [6, 6.07) is 4.00. The van der Waals surface area contributed by atoms with Crippen molar-refractivity contribution in [3.8, 4) is 0 Å². The maximum absolute atomic E-state index is 11.1. The summed E-state index contributed by atoms with van der Waals surface area (Å²) >= 11 is 0. The number of likely N-dealkylation sites (tertiary alicyclic amines) is 2. The first kappa shape index (κ1) is 19.0. The fourth-order valence-electron chi connectivity index (χ4n) is 3.44. The Kier molecular flexibility index (Phi) is 6.90. The van der Waals surface area contributed by atoms with Gasteiger partial charge < -0.3 is 20.4 Å². The van der Waals surface area contributed by atoms with Crippen LogP contribution in [0.3, 0.4) is 0 Å². The first-order chi connectivity index (χ1) is 11.2. The number of guanidine groups is 1. The number of aliphatic imine (C=N–C) groups is 1. The lowest BCUT2D eigenvalue weighted by Gasteiger charge is -2.25. The van der Waals surface area contributed by atoms with Gasteiger partial charge in [0.1, 0.15) is 5.76 Å². The lowest BCUT2D eigenvalue weighted by atomic mass is 10.2. The Hall–Kier alpha value is -1.29. The van der Waals surface area contributed by atoms with Crippen LogP contribution in [-0.2, 0) is 6.54 Å². The number of furan rings is 1. The van der Waals surface area contributed by atoms with E-state index < -0.39 is 5.91 Å². The minimum atomic E-state index is -0.548. The molecule has 1 unspecified atom stereocenters. The van der Waals surface area contributed by atoms with E-state index in [4.69, 9.17) is 10.2 Å². The van der Waals surface area contributed by atoms with Crippen molar-refractivity contribution in [3.05, 3.63) is 23.7 Å². The number of rotatable bonds is 4. The average Bonchev–Trinajstić information content (AvgIpc) is 3.29. The average molecular weight is 447 g/mol. The van der Waals surface area contributed by atoms with Gasteiger partial charge in [-0.2, -0.15) is 0 Å². The summed E-state index contributed by atoms with van der Waals surface area (Å²) in [7, 11) is 1.79. The molecule has 1 atom stereocenters. The SMILES string of the molecule is CN=C(NCc1ccc(C(N)=O)o1)N1CCC(N2CCCC2)C1.I. The normalized spacial score (nSPS) is 21.8. The van der Waals surface area contributed by atoms with E-state index in [2.05, 4.69) is 20.1 Å². The van der Waals surface area contributed by atoms with E-state index in [1.807, 2.05) is 0 Å².